The van der Waals surface area contributed by atoms with Gasteiger partial charge in [0.2, 0.25) is 0 Å². The minimum Gasteiger partial charge on any atom is -0.396 e. The third-order valence-corrected chi connectivity index (χ3v) is 3.62. The third-order valence-electron chi connectivity index (χ3n) is 2.80. The van der Waals surface area contributed by atoms with E-state index in [2.05, 4.69) is 9.59 Å². The van der Waals surface area contributed by atoms with Gasteiger partial charge in [-0.1, -0.05) is 4.49 Å². The van der Waals surface area contributed by atoms with Crippen molar-refractivity contribution < 1.29 is 9.84 Å². The molecule has 14 heavy (non-hydrogen) atoms. The summed E-state index contributed by atoms with van der Waals surface area (Å²) in [6.45, 7) is 3.55. The zero-order chi connectivity index (χ0) is 10.0. The van der Waals surface area contributed by atoms with Gasteiger partial charge in [-0.05, 0) is 31.3 Å². The van der Waals surface area contributed by atoms with Crippen LogP contribution in [0, 0.1) is 12.3 Å². The highest BCUT2D eigenvalue weighted by Crippen LogP contribution is 2.33. The lowest BCUT2D eigenvalue weighted by Gasteiger charge is -2.23. The van der Waals surface area contributed by atoms with Gasteiger partial charge < -0.3 is 9.84 Å². The molecule has 1 N–H and O–H groups in total. The largest absolute Gasteiger partial charge is 0.396 e. The predicted molar refractivity (Wildman–Crippen MR) is 53.3 cm³/mol. The number of aliphatic hydroxyl groups excluding tert-OH is 1. The summed E-state index contributed by atoms with van der Waals surface area (Å²) in [6.07, 6.45) is 1.77. The lowest BCUT2D eigenvalue weighted by molar-refractivity contribution is 0.0940. The Morgan fingerprint density at radius 3 is 3.00 bits per heavy atom. The molecule has 1 aromatic rings. The summed E-state index contributed by atoms with van der Waals surface area (Å²) in [5, 5.41) is 13.4. The van der Waals surface area contributed by atoms with Crippen molar-refractivity contribution in [1.29, 1.82) is 0 Å². The lowest BCUT2D eigenvalue weighted by Crippen LogP contribution is -2.28. The molecule has 1 aromatic heterocycles. The van der Waals surface area contributed by atoms with Gasteiger partial charge in [0.05, 0.1) is 18.9 Å². The Bertz CT molecular complexity index is 308. The minimum absolute atomic E-state index is 0.0844. The Balaban J connectivity index is 2.12. The molecule has 2 heterocycles. The van der Waals surface area contributed by atoms with Gasteiger partial charge in [-0.2, -0.15) is 0 Å². The predicted octanol–water partition coefficient (Wildman–Crippen LogP) is 0.788. The Morgan fingerprint density at radius 2 is 2.50 bits per heavy atom. The second-order valence-electron chi connectivity index (χ2n) is 3.92. The first-order valence-corrected chi connectivity index (χ1v) is 5.50. The van der Waals surface area contributed by atoms with Crippen molar-refractivity contribution in [3.63, 3.8) is 0 Å². The molecule has 2 rings (SSSR count). The summed E-state index contributed by atoms with van der Waals surface area (Å²) >= 11 is 1.42. The topological polar surface area (TPSA) is 55.2 Å². The van der Waals surface area contributed by atoms with Crippen molar-refractivity contribution in [3.05, 3.63) is 10.6 Å². The van der Waals surface area contributed by atoms with Gasteiger partial charge in [0.1, 0.15) is 0 Å². The summed E-state index contributed by atoms with van der Waals surface area (Å²) in [5.74, 6) is 0. The number of aromatic nitrogens is 2. The normalized spacial score (nSPS) is 27.0. The van der Waals surface area contributed by atoms with Crippen LogP contribution in [0.5, 0.6) is 0 Å². The zero-order valence-corrected chi connectivity index (χ0v) is 9.01. The average molecular weight is 214 g/mol. The van der Waals surface area contributed by atoms with Crippen molar-refractivity contribution in [2.45, 2.75) is 19.8 Å². The van der Waals surface area contributed by atoms with Gasteiger partial charge in [0, 0.05) is 16.9 Å². The van der Waals surface area contributed by atoms with Gasteiger partial charge >= 0.3 is 0 Å². The summed E-state index contributed by atoms with van der Waals surface area (Å²) in [5.41, 5.74) is 0.897. The quantitative estimate of drug-likeness (QED) is 0.808. The molecule has 1 aliphatic rings. The van der Waals surface area contributed by atoms with E-state index in [-0.39, 0.29) is 12.0 Å². The molecule has 4 nitrogen and oxygen atoms in total. The van der Waals surface area contributed by atoms with Crippen LogP contribution in [0.25, 0.3) is 0 Å². The Kier molecular flexibility index (Phi) is 2.80. The summed E-state index contributed by atoms with van der Waals surface area (Å²) in [7, 11) is 0. The van der Waals surface area contributed by atoms with Crippen LogP contribution in [0.15, 0.2) is 0 Å². The molecular formula is C9H14N2O2S. The summed E-state index contributed by atoms with van der Waals surface area (Å²) in [6, 6.07) is 0. The first-order valence-electron chi connectivity index (χ1n) is 4.72. The lowest BCUT2D eigenvalue weighted by atomic mass is 9.84. The fourth-order valence-electron chi connectivity index (χ4n) is 1.72. The van der Waals surface area contributed by atoms with Crippen LogP contribution in [0.1, 0.15) is 17.0 Å². The van der Waals surface area contributed by atoms with Crippen LogP contribution in [0.3, 0.4) is 0 Å². The zero-order valence-electron chi connectivity index (χ0n) is 8.19. The fourth-order valence-corrected chi connectivity index (χ4v) is 2.53. The Labute approximate surface area is 87.1 Å². The van der Waals surface area contributed by atoms with Crippen LogP contribution in [-0.2, 0) is 11.2 Å². The smallest absolute Gasteiger partial charge is 0.0756 e. The summed E-state index contributed by atoms with van der Waals surface area (Å²) < 4.78 is 9.24. The maximum Gasteiger partial charge on any atom is 0.0756 e. The first-order chi connectivity index (χ1) is 6.76. The van der Waals surface area contributed by atoms with Gasteiger partial charge in [-0.25, -0.2) is 0 Å². The van der Waals surface area contributed by atoms with E-state index in [9.17, 15) is 5.11 Å². The monoisotopic (exact) mass is 214 g/mol. The molecule has 0 bridgehead atoms. The van der Waals surface area contributed by atoms with Crippen molar-refractivity contribution in [3.8, 4) is 0 Å². The molecule has 0 aliphatic carbocycles. The maximum atomic E-state index is 9.39. The van der Waals surface area contributed by atoms with E-state index >= 15 is 0 Å². The van der Waals surface area contributed by atoms with Crippen molar-refractivity contribution in [2.24, 2.45) is 5.41 Å². The molecule has 1 atom stereocenters. The van der Waals surface area contributed by atoms with E-state index < -0.39 is 0 Å². The second-order valence-corrected chi connectivity index (χ2v) is 4.76. The maximum absolute atomic E-state index is 9.39. The molecule has 0 spiro atoms. The second kappa shape index (κ2) is 3.92. The number of nitrogens with zero attached hydrogens (tertiary/aromatic N) is 2. The van der Waals surface area contributed by atoms with Gasteiger partial charge in [0.15, 0.2) is 0 Å². The molecule has 1 aliphatic heterocycles. The van der Waals surface area contributed by atoms with Crippen molar-refractivity contribution in [1.82, 2.24) is 9.59 Å². The van der Waals surface area contributed by atoms with Gasteiger partial charge in [-0.3, -0.25) is 0 Å². The highest BCUT2D eigenvalue weighted by molar-refractivity contribution is 7.05. The number of aliphatic hydroxyl groups is 1. The van der Waals surface area contributed by atoms with Crippen LogP contribution in [0.4, 0.5) is 0 Å². The minimum atomic E-state index is -0.0844. The van der Waals surface area contributed by atoms with E-state index in [0.29, 0.717) is 6.61 Å². The number of hydrogen-bond acceptors (Lipinski definition) is 5. The SMILES string of the molecule is Cc1nnsc1CC1(CO)CCOC1. The first kappa shape index (κ1) is 10.0. The van der Waals surface area contributed by atoms with E-state index in [4.69, 9.17) is 4.74 Å². The standard InChI is InChI=1S/C9H14N2O2S/c1-7-8(14-11-10-7)4-9(5-12)2-3-13-6-9/h12H,2-6H2,1H3. The number of aryl methyl sites for hydroxylation is 1. The molecule has 0 saturated carbocycles. The highest BCUT2D eigenvalue weighted by Gasteiger charge is 2.35. The van der Waals surface area contributed by atoms with Gasteiger partial charge in [0.25, 0.3) is 0 Å². The van der Waals surface area contributed by atoms with Crippen LogP contribution >= 0.6 is 11.5 Å². The molecule has 0 radical (unpaired) electrons. The van der Waals surface area contributed by atoms with Crippen LogP contribution in [-0.4, -0.2) is 34.5 Å². The molecule has 78 valence electrons. The fraction of sp³-hybridized carbons (Fsp3) is 0.778. The van der Waals surface area contributed by atoms with E-state index in [0.717, 1.165) is 25.1 Å². The van der Waals surface area contributed by atoms with E-state index in [1.807, 2.05) is 6.92 Å². The number of rotatable bonds is 3. The molecule has 1 unspecified atom stereocenters. The molecule has 1 saturated heterocycles. The molecule has 5 heteroatoms. The molecule has 0 aromatic carbocycles. The number of ether oxygens (including phenoxy) is 1. The van der Waals surface area contributed by atoms with Crippen molar-refractivity contribution >= 4 is 11.5 Å². The van der Waals surface area contributed by atoms with Gasteiger partial charge in [-0.15, -0.1) is 5.10 Å². The molecule has 1 fully saturated rings. The van der Waals surface area contributed by atoms with Crippen LogP contribution in [0.2, 0.25) is 0 Å². The highest BCUT2D eigenvalue weighted by atomic mass is 32.1. The third kappa shape index (κ3) is 1.80. The average Bonchev–Trinajstić information content (AvgIpc) is 2.79. The number of hydrogen-bond donors (Lipinski definition) is 1. The van der Waals surface area contributed by atoms with E-state index in [1.54, 1.807) is 0 Å². The molecular weight excluding hydrogens is 200 g/mol. The summed E-state index contributed by atoms with van der Waals surface area (Å²) in [4.78, 5) is 1.17. The Morgan fingerprint density at radius 1 is 1.64 bits per heavy atom. The Hall–Kier alpha value is -0.520. The molecule has 0 amide bonds. The van der Waals surface area contributed by atoms with E-state index in [1.165, 1.54) is 16.4 Å². The van der Waals surface area contributed by atoms with Crippen LogP contribution < -0.4 is 0 Å². The van der Waals surface area contributed by atoms with Crippen molar-refractivity contribution in [2.75, 3.05) is 19.8 Å².